The van der Waals surface area contributed by atoms with Crippen LogP contribution >= 0.6 is 0 Å². The molecule has 0 aromatic carbocycles. The van der Waals surface area contributed by atoms with Gasteiger partial charge in [-0.2, -0.15) is 5.26 Å². The van der Waals surface area contributed by atoms with Crippen molar-refractivity contribution in [1.82, 2.24) is 19.4 Å². The van der Waals surface area contributed by atoms with Crippen molar-refractivity contribution >= 4 is 30.0 Å². The Morgan fingerprint density at radius 2 is 2.00 bits per heavy atom. The van der Waals surface area contributed by atoms with Crippen LogP contribution in [-0.2, 0) is 11.5 Å². The predicted molar refractivity (Wildman–Crippen MR) is 144 cm³/mol. The summed E-state index contributed by atoms with van der Waals surface area (Å²) in [4.78, 5) is 11.3. The first-order valence-electron chi connectivity index (χ1n) is 12.9. The highest BCUT2D eigenvalue weighted by Gasteiger charge is 2.31. The largest absolute Gasteiger partial charge is 0.492 e. The van der Waals surface area contributed by atoms with Crippen molar-refractivity contribution in [2.45, 2.75) is 58.6 Å². The van der Waals surface area contributed by atoms with Gasteiger partial charge in [-0.05, 0) is 50.5 Å². The fourth-order valence-corrected chi connectivity index (χ4v) is 5.47. The van der Waals surface area contributed by atoms with Gasteiger partial charge in [0.15, 0.2) is 0 Å². The van der Waals surface area contributed by atoms with Gasteiger partial charge in [0, 0.05) is 38.2 Å². The second-order valence-electron chi connectivity index (χ2n) is 11.5. The van der Waals surface area contributed by atoms with E-state index in [-0.39, 0.29) is 12.1 Å². The Bertz CT molecular complexity index is 1220. The SMILES string of the molecule is CC1(COc2ccnc3c2c2cc(C#N)ncc2n3COCC[Si](C)(C)C)CCN(CCCF)CC1. The Morgan fingerprint density at radius 1 is 1.22 bits per heavy atom. The first-order valence-corrected chi connectivity index (χ1v) is 16.6. The minimum absolute atomic E-state index is 0.0551. The smallest absolute Gasteiger partial charge is 0.146 e. The molecule has 9 heteroatoms. The van der Waals surface area contributed by atoms with Crippen molar-refractivity contribution in [3.05, 3.63) is 30.2 Å². The lowest BCUT2D eigenvalue weighted by atomic mass is 9.81. The highest BCUT2D eigenvalue weighted by Crippen LogP contribution is 2.37. The number of piperidine rings is 1. The average Bonchev–Trinajstić information content (AvgIpc) is 3.18. The number of hydrogen-bond acceptors (Lipinski definition) is 6. The van der Waals surface area contributed by atoms with Crippen molar-refractivity contribution in [2.24, 2.45) is 5.41 Å². The normalized spacial score (nSPS) is 16.4. The first kappa shape index (κ1) is 26.5. The highest BCUT2D eigenvalue weighted by atomic mass is 28.3. The summed E-state index contributed by atoms with van der Waals surface area (Å²) in [6, 6.07) is 6.97. The van der Waals surface area contributed by atoms with Crippen LogP contribution in [0.4, 0.5) is 4.39 Å². The number of rotatable bonds is 11. The van der Waals surface area contributed by atoms with Crippen molar-refractivity contribution in [3.63, 3.8) is 0 Å². The van der Waals surface area contributed by atoms with E-state index in [0.29, 0.717) is 32.1 Å². The molecule has 0 bridgehead atoms. The Labute approximate surface area is 214 Å². The molecule has 0 saturated carbocycles. The lowest BCUT2D eigenvalue weighted by Crippen LogP contribution is -2.41. The Balaban J connectivity index is 1.57. The van der Waals surface area contributed by atoms with Gasteiger partial charge in [-0.3, -0.25) is 8.96 Å². The van der Waals surface area contributed by atoms with Crippen LogP contribution < -0.4 is 4.74 Å². The van der Waals surface area contributed by atoms with Crippen LogP contribution in [0.25, 0.3) is 21.9 Å². The Hall–Kier alpha value is -2.54. The van der Waals surface area contributed by atoms with E-state index in [2.05, 4.69) is 47.5 Å². The maximum atomic E-state index is 12.5. The number of nitriles is 1. The lowest BCUT2D eigenvalue weighted by molar-refractivity contribution is 0.0682. The quantitative estimate of drug-likeness (QED) is 0.246. The maximum absolute atomic E-state index is 12.5. The number of pyridine rings is 2. The summed E-state index contributed by atoms with van der Waals surface area (Å²) in [7, 11) is -1.19. The number of nitrogens with zero attached hydrogens (tertiary/aromatic N) is 5. The van der Waals surface area contributed by atoms with Gasteiger partial charge < -0.3 is 14.4 Å². The molecule has 36 heavy (non-hydrogen) atoms. The standard InChI is InChI=1S/C27H38FN5O2Si/c1-27(7-12-32(13-8-27)11-5-9-28)19-35-24-6-10-30-26-25(24)22-16-21(17-29)31-18-23(22)33(26)20-34-14-15-36(2,3)4/h6,10,16,18H,5,7-9,11-15,19-20H2,1-4H3. The second-order valence-corrected chi connectivity index (χ2v) is 17.1. The van der Waals surface area contributed by atoms with Gasteiger partial charge in [-0.1, -0.05) is 26.6 Å². The molecule has 0 N–H and O–H groups in total. The molecule has 1 fully saturated rings. The van der Waals surface area contributed by atoms with Crippen LogP contribution in [0.15, 0.2) is 24.5 Å². The van der Waals surface area contributed by atoms with Gasteiger partial charge >= 0.3 is 0 Å². The van der Waals surface area contributed by atoms with Crippen molar-refractivity contribution < 1.29 is 13.9 Å². The highest BCUT2D eigenvalue weighted by molar-refractivity contribution is 6.76. The topological polar surface area (TPSA) is 76.2 Å². The van der Waals surface area contributed by atoms with Crippen LogP contribution in [0.1, 0.15) is 31.9 Å². The van der Waals surface area contributed by atoms with E-state index >= 15 is 0 Å². The Morgan fingerprint density at radius 3 is 2.69 bits per heavy atom. The fraction of sp³-hybridized carbons (Fsp3) is 0.593. The number of alkyl halides is 1. The van der Waals surface area contributed by atoms with E-state index in [1.807, 2.05) is 16.7 Å². The molecular formula is C27H38FN5O2Si. The van der Waals surface area contributed by atoms with Gasteiger partial charge in [0.05, 0.1) is 30.4 Å². The molecule has 0 unspecified atom stereocenters. The molecule has 194 valence electrons. The molecule has 4 rings (SSSR count). The molecule has 1 aliphatic heterocycles. The maximum Gasteiger partial charge on any atom is 0.146 e. The van der Waals surface area contributed by atoms with Crippen LogP contribution in [0.3, 0.4) is 0 Å². The molecule has 0 radical (unpaired) electrons. The summed E-state index contributed by atoms with van der Waals surface area (Å²) in [5.41, 5.74) is 2.08. The van der Waals surface area contributed by atoms with Crippen molar-refractivity contribution in [2.75, 3.05) is 39.5 Å². The van der Waals surface area contributed by atoms with Crippen LogP contribution in [0.2, 0.25) is 25.7 Å². The number of hydrogen-bond donors (Lipinski definition) is 0. The van der Waals surface area contributed by atoms with E-state index < -0.39 is 8.07 Å². The van der Waals surface area contributed by atoms with E-state index in [9.17, 15) is 9.65 Å². The molecule has 0 aliphatic carbocycles. The first-order chi connectivity index (χ1) is 17.2. The van der Waals surface area contributed by atoms with E-state index in [0.717, 1.165) is 66.2 Å². The molecule has 3 aromatic heterocycles. The predicted octanol–water partition coefficient (Wildman–Crippen LogP) is 5.61. The summed E-state index contributed by atoms with van der Waals surface area (Å²) < 4.78 is 27.1. The average molecular weight is 512 g/mol. The summed E-state index contributed by atoms with van der Waals surface area (Å²) in [5.74, 6) is 0.766. The number of fused-ring (bicyclic) bond motifs is 3. The van der Waals surface area contributed by atoms with E-state index in [1.165, 1.54) is 0 Å². The summed E-state index contributed by atoms with van der Waals surface area (Å²) in [6.07, 6.45) is 6.14. The number of halogens is 1. The molecular weight excluding hydrogens is 473 g/mol. The monoisotopic (exact) mass is 511 g/mol. The number of likely N-dealkylation sites (tertiary alicyclic amines) is 1. The van der Waals surface area contributed by atoms with Crippen molar-refractivity contribution in [1.29, 1.82) is 5.26 Å². The fourth-order valence-electron chi connectivity index (χ4n) is 4.71. The zero-order valence-electron chi connectivity index (χ0n) is 22.0. The Kier molecular flexibility index (Phi) is 8.28. The lowest BCUT2D eigenvalue weighted by Gasteiger charge is -2.39. The molecule has 0 atom stereocenters. The molecule has 0 amide bonds. The third-order valence-electron chi connectivity index (χ3n) is 7.17. The molecule has 7 nitrogen and oxygen atoms in total. The molecule has 3 aromatic rings. The zero-order valence-corrected chi connectivity index (χ0v) is 23.0. The van der Waals surface area contributed by atoms with Crippen LogP contribution in [0, 0.1) is 16.7 Å². The van der Waals surface area contributed by atoms with Crippen LogP contribution in [0.5, 0.6) is 5.75 Å². The van der Waals surface area contributed by atoms with Crippen molar-refractivity contribution in [3.8, 4) is 11.8 Å². The van der Waals surface area contributed by atoms with E-state index in [4.69, 9.17) is 9.47 Å². The molecule has 0 spiro atoms. The van der Waals surface area contributed by atoms with Gasteiger partial charge in [0.1, 0.15) is 29.9 Å². The third-order valence-corrected chi connectivity index (χ3v) is 8.87. The second kappa shape index (κ2) is 11.2. The third kappa shape index (κ3) is 6.23. The van der Waals surface area contributed by atoms with Gasteiger partial charge in [0.2, 0.25) is 0 Å². The van der Waals surface area contributed by atoms with Crippen LogP contribution in [-0.4, -0.2) is 67.0 Å². The molecule has 1 aliphatic rings. The van der Waals surface area contributed by atoms with Gasteiger partial charge in [-0.25, -0.2) is 9.97 Å². The number of ether oxygens (including phenoxy) is 2. The van der Waals surface area contributed by atoms with Gasteiger partial charge in [-0.15, -0.1) is 0 Å². The number of aromatic nitrogens is 3. The van der Waals surface area contributed by atoms with E-state index in [1.54, 1.807) is 12.4 Å². The molecule has 1 saturated heterocycles. The molecule has 4 heterocycles. The minimum Gasteiger partial charge on any atom is -0.492 e. The summed E-state index contributed by atoms with van der Waals surface area (Å²) >= 11 is 0. The minimum atomic E-state index is -1.19. The summed E-state index contributed by atoms with van der Waals surface area (Å²) in [5, 5.41) is 11.3. The zero-order chi connectivity index (χ0) is 25.8. The van der Waals surface area contributed by atoms with Gasteiger partial charge in [0.25, 0.3) is 0 Å². The summed E-state index contributed by atoms with van der Waals surface area (Å²) in [6.45, 7) is 13.5.